The van der Waals surface area contributed by atoms with Crippen LogP contribution in [0.2, 0.25) is 0 Å². The van der Waals surface area contributed by atoms with Gasteiger partial charge in [-0.3, -0.25) is 9.71 Å². The molecule has 0 aliphatic carbocycles. The van der Waals surface area contributed by atoms with Crippen LogP contribution in [0.4, 0.5) is 20.3 Å². The molecule has 8 nitrogen and oxygen atoms in total. The van der Waals surface area contributed by atoms with E-state index in [-0.39, 0.29) is 5.69 Å². The average Bonchev–Trinajstić information content (AvgIpc) is 2.73. The summed E-state index contributed by atoms with van der Waals surface area (Å²) >= 11 is 0. The Labute approximate surface area is 178 Å². The van der Waals surface area contributed by atoms with E-state index < -0.39 is 26.6 Å². The highest BCUT2D eigenvalue weighted by molar-refractivity contribution is 7.92. The molecule has 0 saturated carbocycles. The van der Waals surface area contributed by atoms with Crippen LogP contribution in [0.15, 0.2) is 47.9 Å². The van der Waals surface area contributed by atoms with Gasteiger partial charge in [-0.25, -0.2) is 27.2 Å². The van der Waals surface area contributed by atoms with Gasteiger partial charge < -0.3 is 9.64 Å². The number of benzene rings is 1. The first-order valence-electron chi connectivity index (χ1n) is 9.43. The van der Waals surface area contributed by atoms with Crippen LogP contribution in [0.1, 0.15) is 5.69 Å². The SMILES string of the molecule is Cc1ncnc(N2CCOCC2)c1-c1cncc(NS(=O)(=O)c2ccc(F)cc2F)c1. The summed E-state index contributed by atoms with van der Waals surface area (Å²) in [7, 11) is -4.29. The van der Waals surface area contributed by atoms with Crippen LogP contribution in [0.25, 0.3) is 11.1 Å². The highest BCUT2D eigenvalue weighted by Crippen LogP contribution is 2.32. The summed E-state index contributed by atoms with van der Waals surface area (Å²) in [6.07, 6.45) is 4.35. The van der Waals surface area contributed by atoms with Gasteiger partial charge in [0.15, 0.2) is 0 Å². The molecule has 0 spiro atoms. The Bertz CT molecular complexity index is 1220. The summed E-state index contributed by atoms with van der Waals surface area (Å²) in [5.74, 6) is -1.35. The molecule has 1 fully saturated rings. The van der Waals surface area contributed by atoms with E-state index in [9.17, 15) is 17.2 Å². The number of nitrogens with zero attached hydrogens (tertiary/aromatic N) is 4. The van der Waals surface area contributed by atoms with Crippen molar-refractivity contribution >= 4 is 21.5 Å². The molecule has 2 aromatic heterocycles. The number of rotatable bonds is 5. The smallest absolute Gasteiger partial charge is 0.264 e. The van der Waals surface area contributed by atoms with E-state index in [0.717, 1.165) is 12.1 Å². The minimum absolute atomic E-state index is 0.123. The molecule has 0 unspecified atom stereocenters. The van der Waals surface area contributed by atoms with Crippen LogP contribution >= 0.6 is 0 Å². The largest absolute Gasteiger partial charge is 0.378 e. The summed E-state index contributed by atoms with van der Waals surface area (Å²) in [6, 6.07) is 3.84. The molecule has 1 N–H and O–H groups in total. The van der Waals surface area contributed by atoms with E-state index >= 15 is 0 Å². The molecule has 3 aromatic rings. The quantitative estimate of drug-likeness (QED) is 0.642. The fraction of sp³-hybridized carbons (Fsp3) is 0.250. The van der Waals surface area contributed by atoms with E-state index in [4.69, 9.17) is 4.74 Å². The number of morpholine rings is 1. The van der Waals surface area contributed by atoms with Crippen LogP contribution in [-0.2, 0) is 14.8 Å². The van der Waals surface area contributed by atoms with E-state index in [1.807, 2.05) is 6.92 Å². The van der Waals surface area contributed by atoms with Gasteiger partial charge in [-0.15, -0.1) is 0 Å². The molecular formula is C20H19F2N5O3S. The van der Waals surface area contributed by atoms with Crippen LogP contribution in [0.5, 0.6) is 0 Å². The van der Waals surface area contributed by atoms with Crippen LogP contribution in [0.3, 0.4) is 0 Å². The zero-order valence-electron chi connectivity index (χ0n) is 16.5. The lowest BCUT2D eigenvalue weighted by molar-refractivity contribution is 0.122. The zero-order chi connectivity index (χ0) is 22.0. The lowest BCUT2D eigenvalue weighted by Gasteiger charge is -2.29. The van der Waals surface area contributed by atoms with Crippen molar-refractivity contribution in [3.63, 3.8) is 0 Å². The Morgan fingerprint density at radius 1 is 1.10 bits per heavy atom. The molecule has 4 rings (SSSR count). The minimum Gasteiger partial charge on any atom is -0.378 e. The molecule has 0 radical (unpaired) electrons. The fourth-order valence-electron chi connectivity index (χ4n) is 3.35. The van der Waals surface area contributed by atoms with Crippen molar-refractivity contribution < 1.29 is 21.9 Å². The highest BCUT2D eigenvalue weighted by Gasteiger charge is 2.22. The number of ether oxygens (including phenoxy) is 1. The van der Waals surface area contributed by atoms with Crippen molar-refractivity contribution in [1.82, 2.24) is 15.0 Å². The normalized spacial score (nSPS) is 14.5. The summed E-state index contributed by atoms with van der Waals surface area (Å²) in [5, 5.41) is 0. The van der Waals surface area contributed by atoms with Gasteiger partial charge in [0, 0.05) is 36.5 Å². The van der Waals surface area contributed by atoms with Gasteiger partial charge in [0.05, 0.1) is 30.8 Å². The van der Waals surface area contributed by atoms with Crippen LogP contribution < -0.4 is 9.62 Å². The lowest BCUT2D eigenvalue weighted by Crippen LogP contribution is -2.37. The van der Waals surface area contributed by atoms with Crippen molar-refractivity contribution in [3.8, 4) is 11.1 Å². The Hall–Kier alpha value is -3.18. The number of pyridine rings is 1. The molecule has 11 heteroatoms. The second-order valence-electron chi connectivity index (χ2n) is 6.90. The van der Waals surface area contributed by atoms with E-state index in [1.165, 1.54) is 12.5 Å². The number of hydrogen-bond donors (Lipinski definition) is 1. The van der Waals surface area contributed by atoms with Crippen LogP contribution in [0, 0.1) is 18.6 Å². The first-order valence-corrected chi connectivity index (χ1v) is 10.9. The second kappa shape index (κ2) is 8.52. The number of sulfonamides is 1. The van der Waals surface area contributed by atoms with Gasteiger partial charge in [0.25, 0.3) is 10.0 Å². The maximum Gasteiger partial charge on any atom is 0.264 e. The fourth-order valence-corrected chi connectivity index (χ4v) is 4.44. The number of anilines is 2. The summed E-state index contributed by atoms with van der Waals surface area (Å²) in [4.78, 5) is 14.2. The molecular weight excluding hydrogens is 428 g/mol. The summed E-state index contributed by atoms with van der Waals surface area (Å²) in [5.41, 5.74) is 2.13. The number of aryl methyl sites for hydroxylation is 1. The molecule has 1 aliphatic heterocycles. The maximum absolute atomic E-state index is 14.0. The number of halogens is 2. The molecule has 0 amide bonds. The molecule has 1 aliphatic rings. The third-order valence-corrected chi connectivity index (χ3v) is 6.20. The monoisotopic (exact) mass is 447 g/mol. The van der Waals surface area contributed by atoms with Gasteiger partial charge in [-0.1, -0.05) is 0 Å². The minimum atomic E-state index is -4.29. The number of hydrogen-bond acceptors (Lipinski definition) is 7. The molecule has 1 aromatic carbocycles. The molecule has 1 saturated heterocycles. The number of nitrogens with one attached hydrogen (secondary N) is 1. The second-order valence-corrected chi connectivity index (χ2v) is 8.55. The van der Waals surface area contributed by atoms with Gasteiger partial charge >= 0.3 is 0 Å². The van der Waals surface area contributed by atoms with Gasteiger partial charge in [-0.2, -0.15) is 0 Å². The van der Waals surface area contributed by atoms with Gasteiger partial charge in [0.1, 0.15) is 28.7 Å². The maximum atomic E-state index is 14.0. The summed E-state index contributed by atoms with van der Waals surface area (Å²) < 4.78 is 60.1. The van der Waals surface area contributed by atoms with Crippen molar-refractivity contribution in [1.29, 1.82) is 0 Å². The average molecular weight is 447 g/mol. The van der Waals surface area contributed by atoms with Crippen molar-refractivity contribution in [3.05, 3.63) is 60.3 Å². The molecule has 3 heterocycles. The Kier molecular flexibility index (Phi) is 5.79. The van der Waals surface area contributed by atoms with E-state index in [1.54, 1.807) is 12.3 Å². The lowest BCUT2D eigenvalue weighted by atomic mass is 10.1. The Morgan fingerprint density at radius 3 is 2.61 bits per heavy atom. The first kappa shape index (κ1) is 21.1. The van der Waals surface area contributed by atoms with E-state index in [2.05, 4.69) is 24.6 Å². The summed E-state index contributed by atoms with van der Waals surface area (Å²) in [6.45, 7) is 4.29. The molecule has 0 bridgehead atoms. The van der Waals surface area contributed by atoms with Crippen molar-refractivity contribution in [2.24, 2.45) is 0 Å². The predicted octanol–water partition coefficient (Wildman–Crippen LogP) is 2.76. The Morgan fingerprint density at radius 2 is 1.87 bits per heavy atom. The van der Waals surface area contributed by atoms with E-state index in [0.29, 0.717) is 55.0 Å². The third-order valence-electron chi connectivity index (χ3n) is 4.79. The molecule has 162 valence electrons. The van der Waals surface area contributed by atoms with Crippen molar-refractivity contribution in [2.45, 2.75) is 11.8 Å². The molecule has 0 atom stereocenters. The van der Waals surface area contributed by atoms with Gasteiger partial charge in [-0.05, 0) is 25.1 Å². The highest BCUT2D eigenvalue weighted by atomic mass is 32.2. The Balaban J connectivity index is 1.70. The third kappa shape index (κ3) is 4.47. The van der Waals surface area contributed by atoms with Crippen LogP contribution in [-0.4, -0.2) is 49.7 Å². The predicted molar refractivity (Wildman–Crippen MR) is 110 cm³/mol. The first-order chi connectivity index (χ1) is 14.8. The van der Waals surface area contributed by atoms with Gasteiger partial charge in [0.2, 0.25) is 0 Å². The van der Waals surface area contributed by atoms with Crippen molar-refractivity contribution in [2.75, 3.05) is 35.9 Å². The standard InChI is InChI=1S/C20H19F2N5O3S/c1-13-19(20(25-12-24-13)27-4-6-30-7-5-27)14-8-16(11-23-10-14)26-31(28,29)18-3-2-15(21)9-17(18)22/h2-3,8-12,26H,4-7H2,1H3. The zero-order valence-corrected chi connectivity index (χ0v) is 17.4. The molecule has 31 heavy (non-hydrogen) atoms. The number of aromatic nitrogens is 3. The topological polar surface area (TPSA) is 97.3 Å².